The van der Waals surface area contributed by atoms with Crippen LogP contribution < -0.4 is 14.8 Å². The van der Waals surface area contributed by atoms with Crippen LogP contribution in [0.1, 0.15) is 24.8 Å². The first-order valence-electron chi connectivity index (χ1n) is 10.3. The van der Waals surface area contributed by atoms with Crippen LogP contribution in [0.4, 0.5) is 18.9 Å². The molecule has 172 valence electrons. The van der Waals surface area contributed by atoms with Gasteiger partial charge >= 0.3 is 6.61 Å². The Morgan fingerprint density at radius 3 is 2.62 bits per heavy atom. The molecule has 1 saturated carbocycles. The zero-order valence-electron chi connectivity index (χ0n) is 17.7. The van der Waals surface area contributed by atoms with Crippen molar-refractivity contribution in [2.75, 3.05) is 25.5 Å². The van der Waals surface area contributed by atoms with Crippen LogP contribution in [0.5, 0.6) is 11.5 Å². The number of benzene rings is 2. The Hall–Kier alpha value is -3.23. The summed E-state index contributed by atoms with van der Waals surface area (Å²) in [6.07, 6.45) is 2.56. The maximum Gasteiger partial charge on any atom is 0.387 e. The number of hydrogen-bond acceptors (Lipinski definition) is 4. The number of nitrogens with one attached hydrogen (secondary N) is 1. The van der Waals surface area contributed by atoms with Gasteiger partial charge in [0.05, 0.1) is 13.2 Å². The standard InChI is InChI=1S/C23H25F3N2O4/c1-28(13-21(29)27-18-4-2-3-17(24)12-18)22(30)10-8-15-7-9-19(32-23(25)26)20(11-15)31-14-16-5-6-16/h2-4,7,9,11-12,16,23H,5-6,8,10,13-14H2,1H3,(H,27,29). The molecule has 0 saturated heterocycles. The molecule has 2 aromatic rings. The average Bonchev–Trinajstić information content (AvgIpc) is 3.55. The van der Waals surface area contributed by atoms with Gasteiger partial charge in [0.25, 0.3) is 0 Å². The minimum absolute atomic E-state index is 0.0399. The number of alkyl halides is 2. The fourth-order valence-electron chi connectivity index (χ4n) is 3.02. The van der Waals surface area contributed by atoms with E-state index < -0.39 is 18.3 Å². The zero-order chi connectivity index (χ0) is 23.1. The molecule has 1 aliphatic rings. The molecule has 0 bridgehead atoms. The summed E-state index contributed by atoms with van der Waals surface area (Å²) in [6, 6.07) is 10.1. The van der Waals surface area contributed by atoms with Gasteiger partial charge in [-0.3, -0.25) is 9.59 Å². The summed E-state index contributed by atoms with van der Waals surface area (Å²) in [4.78, 5) is 25.8. The van der Waals surface area contributed by atoms with Gasteiger partial charge < -0.3 is 19.7 Å². The molecule has 0 aliphatic heterocycles. The van der Waals surface area contributed by atoms with Crippen molar-refractivity contribution in [1.29, 1.82) is 0 Å². The molecular weight excluding hydrogens is 425 g/mol. The number of carbonyl (C=O) groups excluding carboxylic acids is 2. The predicted octanol–water partition coefficient (Wildman–Crippen LogP) is 4.25. The van der Waals surface area contributed by atoms with Gasteiger partial charge in [0.2, 0.25) is 11.8 Å². The quantitative estimate of drug-likeness (QED) is 0.556. The van der Waals surface area contributed by atoms with Crippen molar-refractivity contribution in [2.24, 2.45) is 5.92 Å². The monoisotopic (exact) mass is 450 g/mol. The van der Waals surface area contributed by atoms with Crippen molar-refractivity contribution in [3.05, 3.63) is 53.8 Å². The van der Waals surface area contributed by atoms with Gasteiger partial charge in [0.15, 0.2) is 11.5 Å². The number of rotatable bonds is 11. The minimum Gasteiger partial charge on any atom is -0.489 e. The number of carbonyl (C=O) groups is 2. The lowest BCUT2D eigenvalue weighted by Crippen LogP contribution is -2.35. The molecule has 3 rings (SSSR count). The Kier molecular flexibility index (Phi) is 7.97. The fraction of sp³-hybridized carbons (Fsp3) is 0.391. The third-order valence-corrected chi connectivity index (χ3v) is 4.94. The SMILES string of the molecule is CN(CC(=O)Nc1cccc(F)c1)C(=O)CCc1ccc(OC(F)F)c(OCC2CC2)c1. The van der Waals surface area contributed by atoms with E-state index in [4.69, 9.17) is 4.74 Å². The van der Waals surface area contributed by atoms with Crippen LogP contribution >= 0.6 is 0 Å². The van der Waals surface area contributed by atoms with E-state index in [2.05, 4.69) is 10.1 Å². The first-order valence-corrected chi connectivity index (χ1v) is 10.3. The van der Waals surface area contributed by atoms with Crippen LogP contribution in [-0.2, 0) is 16.0 Å². The number of hydrogen-bond donors (Lipinski definition) is 1. The molecule has 0 heterocycles. The second-order valence-electron chi connectivity index (χ2n) is 7.72. The summed E-state index contributed by atoms with van der Waals surface area (Å²) in [5, 5.41) is 2.54. The van der Waals surface area contributed by atoms with E-state index in [9.17, 15) is 22.8 Å². The molecule has 0 unspecified atom stereocenters. The molecule has 0 atom stereocenters. The lowest BCUT2D eigenvalue weighted by atomic mass is 10.1. The Labute approximate surface area is 184 Å². The first-order chi connectivity index (χ1) is 15.3. The summed E-state index contributed by atoms with van der Waals surface area (Å²) in [6.45, 7) is -2.71. The molecule has 1 N–H and O–H groups in total. The van der Waals surface area contributed by atoms with Gasteiger partial charge in [-0.05, 0) is 61.1 Å². The topological polar surface area (TPSA) is 67.9 Å². The molecule has 0 aromatic heterocycles. The van der Waals surface area contributed by atoms with Crippen LogP contribution in [0.15, 0.2) is 42.5 Å². The minimum atomic E-state index is -2.96. The first kappa shape index (κ1) is 23.4. The van der Waals surface area contributed by atoms with Gasteiger partial charge in [0, 0.05) is 19.2 Å². The maximum absolute atomic E-state index is 13.2. The lowest BCUT2D eigenvalue weighted by Gasteiger charge is -2.17. The highest BCUT2D eigenvalue weighted by Crippen LogP contribution is 2.34. The summed E-state index contributed by atoms with van der Waals surface area (Å²) >= 11 is 0. The number of nitrogens with zero attached hydrogens (tertiary/aromatic N) is 1. The van der Waals surface area contributed by atoms with Crippen LogP contribution in [0.25, 0.3) is 0 Å². The highest BCUT2D eigenvalue weighted by atomic mass is 19.3. The van der Waals surface area contributed by atoms with Crippen molar-refractivity contribution in [2.45, 2.75) is 32.3 Å². The summed E-state index contributed by atoms with van der Waals surface area (Å²) in [5.74, 6) is -0.570. The molecule has 0 spiro atoms. The number of amides is 2. The zero-order valence-corrected chi connectivity index (χ0v) is 17.7. The normalized spacial score (nSPS) is 13.0. The Morgan fingerprint density at radius 1 is 1.16 bits per heavy atom. The summed E-state index contributed by atoms with van der Waals surface area (Å²) in [7, 11) is 1.50. The maximum atomic E-state index is 13.2. The van der Waals surface area contributed by atoms with Crippen molar-refractivity contribution in [3.8, 4) is 11.5 Å². The Balaban J connectivity index is 1.52. The van der Waals surface area contributed by atoms with Gasteiger partial charge in [0.1, 0.15) is 5.82 Å². The average molecular weight is 450 g/mol. The molecular formula is C23H25F3N2O4. The van der Waals surface area contributed by atoms with Crippen molar-refractivity contribution < 1.29 is 32.2 Å². The number of anilines is 1. The molecule has 9 heteroatoms. The molecule has 1 fully saturated rings. The van der Waals surface area contributed by atoms with E-state index in [1.165, 1.54) is 36.2 Å². The second-order valence-corrected chi connectivity index (χ2v) is 7.72. The summed E-state index contributed by atoms with van der Waals surface area (Å²) in [5.41, 5.74) is 1.03. The smallest absolute Gasteiger partial charge is 0.387 e. The predicted molar refractivity (Wildman–Crippen MR) is 112 cm³/mol. The highest BCUT2D eigenvalue weighted by Gasteiger charge is 2.23. The Bertz CT molecular complexity index is 951. The molecule has 2 amide bonds. The highest BCUT2D eigenvalue weighted by molar-refractivity contribution is 5.94. The lowest BCUT2D eigenvalue weighted by molar-refractivity contribution is -0.133. The van der Waals surface area contributed by atoms with E-state index in [1.807, 2.05) is 0 Å². The third-order valence-electron chi connectivity index (χ3n) is 4.94. The molecule has 6 nitrogen and oxygen atoms in total. The van der Waals surface area contributed by atoms with Crippen molar-refractivity contribution >= 4 is 17.5 Å². The van der Waals surface area contributed by atoms with Gasteiger partial charge in [-0.1, -0.05) is 12.1 Å². The van der Waals surface area contributed by atoms with E-state index in [0.29, 0.717) is 24.6 Å². The molecule has 1 aliphatic carbocycles. The Morgan fingerprint density at radius 2 is 1.94 bits per heavy atom. The van der Waals surface area contributed by atoms with Crippen LogP contribution in [0.3, 0.4) is 0 Å². The van der Waals surface area contributed by atoms with Crippen molar-refractivity contribution in [3.63, 3.8) is 0 Å². The second kappa shape index (κ2) is 10.9. The van der Waals surface area contributed by atoms with E-state index >= 15 is 0 Å². The largest absolute Gasteiger partial charge is 0.489 e. The van der Waals surface area contributed by atoms with E-state index in [-0.39, 0.29) is 30.4 Å². The number of aryl methyl sites for hydroxylation is 1. The summed E-state index contributed by atoms with van der Waals surface area (Å²) < 4.78 is 48.6. The fourth-order valence-corrected chi connectivity index (χ4v) is 3.02. The molecule has 0 radical (unpaired) electrons. The number of likely N-dealkylation sites (N-methyl/N-ethyl adjacent to an activating group) is 1. The van der Waals surface area contributed by atoms with Crippen LogP contribution in [0, 0.1) is 11.7 Å². The third kappa shape index (κ3) is 7.47. The van der Waals surface area contributed by atoms with E-state index in [0.717, 1.165) is 18.4 Å². The van der Waals surface area contributed by atoms with E-state index in [1.54, 1.807) is 18.2 Å². The molecule has 32 heavy (non-hydrogen) atoms. The van der Waals surface area contributed by atoms with Crippen LogP contribution in [-0.4, -0.2) is 43.5 Å². The van der Waals surface area contributed by atoms with Crippen LogP contribution in [0.2, 0.25) is 0 Å². The van der Waals surface area contributed by atoms with Gasteiger partial charge in [-0.25, -0.2) is 4.39 Å². The molecule has 2 aromatic carbocycles. The van der Waals surface area contributed by atoms with Gasteiger partial charge in [-0.2, -0.15) is 8.78 Å². The van der Waals surface area contributed by atoms with Crippen molar-refractivity contribution in [1.82, 2.24) is 4.90 Å². The number of halogens is 3. The van der Waals surface area contributed by atoms with Gasteiger partial charge in [-0.15, -0.1) is 0 Å². The number of ether oxygens (including phenoxy) is 2.